The fraction of sp³-hybridized carbons (Fsp3) is 0.462. The minimum absolute atomic E-state index is 0.326. The highest BCUT2D eigenvalue weighted by Crippen LogP contribution is 2.18. The third-order valence-electron chi connectivity index (χ3n) is 2.64. The second-order valence-electron chi connectivity index (χ2n) is 3.76. The lowest BCUT2D eigenvalue weighted by Gasteiger charge is -2.11. The molecule has 17 heavy (non-hydrogen) atoms. The van der Waals surface area contributed by atoms with Crippen molar-refractivity contribution in [2.45, 2.75) is 19.8 Å². The van der Waals surface area contributed by atoms with Gasteiger partial charge in [-0.3, -0.25) is 4.79 Å². The zero-order chi connectivity index (χ0) is 12.7. The predicted octanol–water partition coefficient (Wildman–Crippen LogP) is 2.57. The van der Waals surface area contributed by atoms with Crippen LogP contribution in [0.5, 0.6) is 11.5 Å². The Balaban J connectivity index is 2.37. The Morgan fingerprint density at radius 3 is 2.35 bits per heavy atom. The van der Waals surface area contributed by atoms with E-state index >= 15 is 0 Å². The molecule has 94 valence electrons. The molecule has 1 atom stereocenters. The van der Waals surface area contributed by atoms with Gasteiger partial charge in [-0.25, -0.2) is 0 Å². The van der Waals surface area contributed by atoms with Crippen molar-refractivity contribution in [3.8, 4) is 11.5 Å². The first-order valence-corrected chi connectivity index (χ1v) is 5.67. The van der Waals surface area contributed by atoms with Crippen molar-refractivity contribution in [1.82, 2.24) is 0 Å². The molecule has 1 aromatic carbocycles. The molecule has 4 heteroatoms. The van der Waals surface area contributed by atoms with E-state index in [1.807, 2.05) is 19.1 Å². The lowest BCUT2D eigenvalue weighted by atomic mass is 10.0. The van der Waals surface area contributed by atoms with Crippen molar-refractivity contribution in [2.75, 3.05) is 13.7 Å². The Morgan fingerprint density at radius 2 is 1.88 bits per heavy atom. The molecule has 0 aromatic heterocycles. The number of aliphatic carboxylic acids is 1. The summed E-state index contributed by atoms with van der Waals surface area (Å²) in [4.78, 5) is 10.8. The summed E-state index contributed by atoms with van der Waals surface area (Å²) >= 11 is 0. The average Bonchev–Trinajstić information content (AvgIpc) is 2.35. The van der Waals surface area contributed by atoms with E-state index in [1.165, 1.54) is 0 Å². The molecule has 0 saturated carbocycles. The maximum Gasteiger partial charge on any atom is 0.306 e. The molecule has 0 amide bonds. The highest BCUT2D eigenvalue weighted by molar-refractivity contribution is 5.69. The Kier molecular flexibility index (Phi) is 5.33. The van der Waals surface area contributed by atoms with E-state index in [0.29, 0.717) is 19.4 Å². The van der Waals surface area contributed by atoms with Crippen molar-refractivity contribution in [1.29, 1.82) is 0 Å². The van der Waals surface area contributed by atoms with Crippen LogP contribution in [-0.4, -0.2) is 24.8 Å². The van der Waals surface area contributed by atoms with Crippen LogP contribution in [0.4, 0.5) is 0 Å². The molecule has 0 heterocycles. The fourth-order valence-electron chi connectivity index (χ4n) is 1.49. The van der Waals surface area contributed by atoms with E-state index in [1.54, 1.807) is 19.2 Å². The molecule has 0 aliphatic rings. The van der Waals surface area contributed by atoms with Crippen LogP contribution in [0, 0.1) is 5.92 Å². The maximum atomic E-state index is 10.8. The van der Waals surface area contributed by atoms with Gasteiger partial charge >= 0.3 is 5.97 Å². The molecule has 0 spiro atoms. The number of ether oxygens (including phenoxy) is 2. The monoisotopic (exact) mass is 238 g/mol. The van der Waals surface area contributed by atoms with Gasteiger partial charge in [0, 0.05) is 0 Å². The zero-order valence-corrected chi connectivity index (χ0v) is 10.2. The molecule has 0 radical (unpaired) electrons. The van der Waals surface area contributed by atoms with Crippen LogP contribution in [-0.2, 0) is 4.79 Å². The Morgan fingerprint density at radius 1 is 1.29 bits per heavy atom. The topological polar surface area (TPSA) is 55.8 Å². The van der Waals surface area contributed by atoms with E-state index < -0.39 is 5.97 Å². The van der Waals surface area contributed by atoms with Gasteiger partial charge in [0.15, 0.2) is 0 Å². The highest BCUT2D eigenvalue weighted by Gasteiger charge is 2.14. The van der Waals surface area contributed by atoms with Crippen LogP contribution in [0.2, 0.25) is 0 Å². The van der Waals surface area contributed by atoms with Gasteiger partial charge in [-0.15, -0.1) is 0 Å². The van der Waals surface area contributed by atoms with E-state index in [4.69, 9.17) is 14.6 Å². The molecule has 4 nitrogen and oxygen atoms in total. The summed E-state index contributed by atoms with van der Waals surface area (Å²) in [7, 11) is 1.61. The molecular formula is C13H18O4. The van der Waals surface area contributed by atoms with Crippen molar-refractivity contribution in [3.63, 3.8) is 0 Å². The lowest BCUT2D eigenvalue weighted by molar-refractivity contribution is -0.142. The number of hydrogen-bond donors (Lipinski definition) is 1. The quantitative estimate of drug-likeness (QED) is 0.793. The second kappa shape index (κ2) is 6.78. The summed E-state index contributed by atoms with van der Waals surface area (Å²) in [6.45, 7) is 2.28. The summed E-state index contributed by atoms with van der Waals surface area (Å²) in [6, 6.07) is 7.23. The Hall–Kier alpha value is -1.71. The molecule has 0 aliphatic heterocycles. The fourth-order valence-corrected chi connectivity index (χ4v) is 1.49. The van der Waals surface area contributed by atoms with E-state index in [2.05, 4.69) is 0 Å². The number of methoxy groups -OCH3 is 1. The van der Waals surface area contributed by atoms with E-state index in [9.17, 15) is 4.79 Å². The number of rotatable bonds is 7. The summed E-state index contributed by atoms with van der Waals surface area (Å²) in [5, 5.41) is 8.87. The molecule has 1 rings (SSSR count). The number of carboxylic acid groups (broad SMARTS) is 1. The zero-order valence-electron chi connectivity index (χ0n) is 10.2. The van der Waals surface area contributed by atoms with Gasteiger partial charge in [-0.1, -0.05) is 6.92 Å². The van der Waals surface area contributed by atoms with Crippen molar-refractivity contribution in [2.24, 2.45) is 5.92 Å². The van der Waals surface area contributed by atoms with Crippen molar-refractivity contribution in [3.05, 3.63) is 24.3 Å². The van der Waals surface area contributed by atoms with Crippen LogP contribution < -0.4 is 9.47 Å². The van der Waals surface area contributed by atoms with Crippen molar-refractivity contribution >= 4 is 5.97 Å². The van der Waals surface area contributed by atoms with E-state index in [0.717, 1.165) is 11.5 Å². The Bertz CT molecular complexity index is 345. The van der Waals surface area contributed by atoms with Gasteiger partial charge in [0.2, 0.25) is 0 Å². The first-order valence-electron chi connectivity index (χ1n) is 5.67. The van der Waals surface area contributed by atoms with Crippen molar-refractivity contribution < 1.29 is 19.4 Å². The van der Waals surface area contributed by atoms with Gasteiger partial charge in [-0.2, -0.15) is 0 Å². The smallest absolute Gasteiger partial charge is 0.306 e. The third-order valence-corrected chi connectivity index (χ3v) is 2.64. The Labute approximate surface area is 101 Å². The standard InChI is InChI=1S/C13H18O4/c1-3-10(13(14)15)8-9-17-12-6-4-11(16-2)5-7-12/h4-7,10H,3,8-9H2,1-2H3,(H,14,15). The molecule has 0 aliphatic carbocycles. The molecule has 1 unspecified atom stereocenters. The van der Waals surface area contributed by atoms with E-state index in [-0.39, 0.29) is 5.92 Å². The minimum Gasteiger partial charge on any atom is -0.497 e. The summed E-state index contributed by atoms with van der Waals surface area (Å²) in [5.41, 5.74) is 0. The molecule has 0 saturated heterocycles. The van der Waals surface area contributed by atoms with Crippen LogP contribution in [0.15, 0.2) is 24.3 Å². The maximum absolute atomic E-state index is 10.8. The van der Waals surface area contributed by atoms with Gasteiger partial charge in [0.1, 0.15) is 11.5 Å². The molecule has 0 fully saturated rings. The third kappa shape index (κ3) is 4.34. The largest absolute Gasteiger partial charge is 0.497 e. The van der Waals surface area contributed by atoms with Crippen LogP contribution >= 0.6 is 0 Å². The lowest BCUT2D eigenvalue weighted by Crippen LogP contribution is -2.15. The predicted molar refractivity (Wildman–Crippen MR) is 64.5 cm³/mol. The average molecular weight is 238 g/mol. The molecule has 1 N–H and O–H groups in total. The minimum atomic E-state index is -0.758. The highest BCUT2D eigenvalue weighted by atomic mass is 16.5. The number of hydrogen-bond acceptors (Lipinski definition) is 3. The molecule has 1 aromatic rings. The van der Waals surface area contributed by atoms with Crippen LogP contribution in [0.1, 0.15) is 19.8 Å². The second-order valence-corrected chi connectivity index (χ2v) is 3.76. The first kappa shape index (κ1) is 13.4. The van der Waals surface area contributed by atoms with Gasteiger partial charge in [-0.05, 0) is 37.1 Å². The number of carbonyl (C=O) groups is 1. The van der Waals surface area contributed by atoms with Crippen LogP contribution in [0.3, 0.4) is 0 Å². The molecule has 0 bridgehead atoms. The SMILES string of the molecule is CCC(CCOc1ccc(OC)cc1)C(=O)O. The van der Waals surface area contributed by atoms with Gasteiger partial charge in [0.25, 0.3) is 0 Å². The molecular weight excluding hydrogens is 220 g/mol. The van der Waals surface area contributed by atoms with Crippen LogP contribution in [0.25, 0.3) is 0 Å². The van der Waals surface area contributed by atoms with Gasteiger partial charge in [0.05, 0.1) is 19.6 Å². The first-order chi connectivity index (χ1) is 8.17. The summed E-state index contributed by atoms with van der Waals surface area (Å²) in [6.07, 6.45) is 1.15. The number of benzene rings is 1. The van der Waals surface area contributed by atoms with Gasteiger partial charge < -0.3 is 14.6 Å². The summed E-state index contributed by atoms with van der Waals surface area (Å²) < 4.78 is 10.5. The summed E-state index contributed by atoms with van der Waals surface area (Å²) in [5.74, 6) is 0.416. The normalized spacial score (nSPS) is 11.9. The number of carboxylic acids is 1.